The molecule has 0 aliphatic rings. The number of aryl methyl sites for hydroxylation is 1. The first kappa shape index (κ1) is 7.11. The van der Waals surface area contributed by atoms with Crippen molar-refractivity contribution in [3.05, 3.63) is 33.6 Å². The molecule has 1 rings (SSSR count). The summed E-state index contributed by atoms with van der Waals surface area (Å²) in [5, 5.41) is 0.630. The lowest BCUT2D eigenvalue weighted by atomic mass is 10.2. The highest BCUT2D eigenvalue weighted by atomic mass is 35.5. The van der Waals surface area contributed by atoms with Gasteiger partial charge in [0, 0.05) is 6.07 Å². The molecule has 1 aromatic carbocycles. The first-order valence-corrected chi connectivity index (χ1v) is 3.29. The third-order valence-electron chi connectivity index (χ3n) is 1.31. The lowest BCUT2D eigenvalue weighted by Crippen LogP contribution is -1.71. The molecular formula is C8H7ClN+. The van der Waals surface area contributed by atoms with Crippen LogP contribution in [0.4, 0.5) is 5.69 Å². The Morgan fingerprint density at radius 1 is 1.50 bits per heavy atom. The van der Waals surface area contributed by atoms with Gasteiger partial charge in [0.2, 0.25) is 0 Å². The van der Waals surface area contributed by atoms with Gasteiger partial charge in [0.1, 0.15) is 5.02 Å². The number of hydrogen-bond donors (Lipinski definition) is 0. The quantitative estimate of drug-likeness (QED) is 0.538. The molecule has 0 amide bonds. The maximum absolute atomic E-state index is 5.82. The first-order chi connectivity index (χ1) is 4.75. The van der Waals surface area contributed by atoms with Crippen LogP contribution in [-0.2, 0) is 0 Å². The van der Waals surface area contributed by atoms with Crippen LogP contribution in [0.5, 0.6) is 0 Å². The highest BCUT2D eigenvalue weighted by Gasteiger charge is 2.08. The zero-order valence-electron chi connectivity index (χ0n) is 5.63. The summed E-state index contributed by atoms with van der Waals surface area (Å²) in [4.78, 5) is 3.50. The van der Waals surface area contributed by atoms with E-state index < -0.39 is 0 Å². The molecule has 2 heteroatoms. The summed E-state index contributed by atoms with van der Waals surface area (Å²) in [6.07, 6.45) is 0. The lowest BCUT2D eigenvalue weighted by molar-refractivity contribution is 1.48. The molecule has 0 aliphatic carbocycles. The van der Waals surface area contributed by atoms with E-state index in [1.807, 2.05) is 19.1 Å². The predicted octanol–water partition coefficient (Wildman–Crippen LogP) is 3.24. The predicted molar refractivity (Wildman–Crippen MR) is 44.2 cm³/mol. The minimum absolute atomic E-state index is 0.630. The van der Waals surface area contributed by atoms with Gasteiger partial charge in [-0.2, -0.15) is 0 Å². The van der Waals surface area contributed by atoms with Crippen LogP contribution in [0.1, 0.15) is 5.56 Å². The van der Waals surface area contributed by atoms with Gasteiger partial charge in [-0.25, -0.2) is 0 Å². The Balaban J connectivity index is 3.31. The van der Waals surface area contributed by atoms with Gasteiger partial charge in [0.15, 0.2) is 0 Å². The van der Waals surface area contributed by atoms with E-state index in [2.05, 4.69) is 4.85 Å². The van der Waals surface area contributed by atoms with E-state index in [1.165, 1.54) is 0 Å². The Hall–Kier alpha value is -1.00. The molecule has 1 aromatic rings. The Morgan fingerprint density at radius 3 is 2.70 bits per heavy atom. The minimum atomic E-state index is 0.630. The second kappa shape index (κ2) is 2.72. The summed E-state index contributed by atoms with van der Waals surface area (Å²) in [7, 11) is 0. The molecular weight excluding hydrogens is 146 g/mol. The number of halogens is 1. The second-order valence-electron chi connectivity index (χ2n) is 2.04. The molecule has 0 saturated heterocycles. The lowest BCUT2D eigenvalue weighted by Gasteiger charge is -1.90. The Labute approximate surface area is 65.1 Å². The highest BCUT2D eigenvalue weighted by Crippen LogP contribution is 2.27. The van der Waals surface area contributed by atoms with Crippen LogP contribution in [0.15, 0.2) is 18.2 Å². The number of benzene rings is 1. The summed E-state index contributed by atoms with van der Waals surface area (Å²) >= 11 is 5.82. The summed E-state index contributed by atoms with van der Waals surface area (Å²) in [6, 6.07) is 5.55. The van der Waals surface area contributed by atoms with Gasteiger partial charge in [-0.1, -0.05) is 23.7 Å². The molecule has 50 valence electrons. The number of rotatable bonds is 0. The molecule has 0 spiro atoms. The van der Waals surface area contributed by atoms with E-state index in [4.69, 9.17) is 18.2 Å². The smallest absolute Gasteiger partial charge is 0.0753 e. The van der Waals surface area contributed by atoms with Crippen LogP contribution < -0.4 is 0 Å². The van der Waals surface area contributed by atoms with E-state index in [9.17, 15) is 0 Å². The van der Waals surface area contributed by atoms with Crippen molar-refractivity contribution in [2.75, 3.05) is 0 Å². The van der Waals surface area contributed by atoms with E-state index >= 15 is 0 Å². The summed E-state index contributed by atoms with van der Waals surface area (Å²) < 4.78 is 0. The van der Waals surface area contributed by atoms with Gasteiger partial charge in [-0.15, -0.1) is 0 Å². The van der Waals surface area contributed by atoms with E-state index in [1.54, 1.807) is 6.07 Å². The molecule has 0 bridgehead atoms. The van der Waals surface area contributed by atoms with E-state index in [0.29, 0.717) is 10.7 Å². The Kier molecular flexibility index (Phi) is 1.94. The van der Waals surface area contributed by atoms with Crippen molar-refractivity contribution in [1.82, 2.24) is 0 Å². The van der Waals surface area contributed by atoms with Gasteiger partial charge in [0.25, 0.3) is 6.57 Å². The average Bonchev–Trinajstić information content (AvgIpc) is 1.95. The van der Waals surface area contributed by atoms with Crippen molar-refractivity contribution in [3.63, 3.8) is 0 Å². The van der Waals surface area contributed by atoms with Crippen LogP contribution in [-0.4, -0.2) is 0 Å². The molecule has 0 saturated carbocycles. The van der Waals surface area contributed by atoms with E-state index in [0.717, 1.165) is 5.56 Å². The maximum Gasteiger partial charge on any atom is 0.358 e. The topological polar surface area (TPSA) is 4.36 Å². The Bertz CT molecular complexity index is 286. The molecule has 0 aliphatic heterocycles. The zero-order chi connectivity index (χ0) is 7.56. The molecule has 0 atom stereocenters. The normalized spacial score (nSPS) is 8.90. The zero-order valence-corrected chi connectivity index (χ0v) is 6.39. The van der Waals surface area contributed by atoms with Gasteiger partial charge in [-0.05, 0) is 17.3 Å². The average molecular weight is 153 g/mol. The van der Waals surface area contributed by atoms with E-state index in [-0.39, 0.29) is 0 Å². The summed E-state index contributed by atoms with van der Waals surface area (Å²) in [5.41, 5.74) is 1.63. The largest absolute Gasteiger partial charge is 0.358 e. The minimum Gasteiger partial charge on any atom is -0.0753 e. The maximum atomic E-state index is 5.82. The van der Waals surface area contributed by atoms with Crippen LogP contribution in [0.25, 0.3) is 4.85 Å². The molecule has 0 unspecified atom stereocenters. The monoisotopic (exact) mass is 152 g/mol. The van der Waals surface area contributed by atoms with Crippen LogP contribution >= 0.6 is 11.6 Å². The molecule has 0 heterocycles. The number of nitrogens with zero attached hydrogens (tertiary/aromatic N) is 1. The van der Waals surface area contributed by atoms with Crippen molar-refractivity contribution >= 4 is 17.3 Å². The molecule has 1 nitrogen and oxygen atoms in total. The van der Waals surface area contributed by atoms with Crippen molar-refractivity contribution in [2.24, 2.45) is 0 Å². The third kappa shape index (κ3) is 1.12. The molecule has 0 aromatic heterocycles. The fraction of sp³-hybridized carbons (Fsp3) is 0.125. The first-order valence-electron chi connectivity index (χ1n) is 2.91. The van der Waals surface area contributed by atoms with Crippen molar-refractivity contribution in [3.8, 4) is 6.57 Å². The molecule has 10 heavy (non-hydrogen) atoms. The fourth-order valence-corrected chi connectivity index (χ4v) is 0.906. The van der Waals surface area contributed by atoms with Gasteiger partial charge < -0.3 is 0 Å². The SMILES string of the molecule is C#[N+]c1cccc(C)c1Cl. The third-order valence-corrected chi connectivity index (χ3v) is 1.80. The van der Waals surface area contributed by atoms with Crippen LogP contribution in [0.2, 0.25) is 5.02 Å². The van der Waals surface area contributed by atoms with Crippen molar-refractivity contribution in [2.45, 2.75) is 6.92 Å². The molecule has 0 fully saturated rings. The second-order valence-corrected chi connectivity index (χ2v) is 2.42. The van der Waals surface area contributed by atoms with Crippen molar-refractivity contribution < 1.29 is 0 Å². The summed E-state index contributed by atoms with van der Waals surface area (Å²) in [5.74, 6) is 0. The number of hydrogen-bond acceptors (Lipinski definition) is 0. The Morgan fingerprint density at radius 2 is 2.20 bits per heavy atom. The highest BCUT2D eigenvalue weighted by molar-refractivity contribution is 6.34. The fourth-order valence-electron chi connectivity index (χ4n) is 0.732. The standard InChI is InChI=1S/C8H7ClN/c1-6-4-3-5-7(10-2)8(6)9/h2-5H,1H3/q+1. The molecule has 0 radical (unpaired) electrons. The molecule has 0 N–H and O–H groups in total. The van der Waals surface area contributed by atoms with Crippen molar-refractivity contribution in [1.29, 1.82) is 0 Å². The van der Waals surface area contributed by atoms with Crippen LogP contribution in [0, 0.1) is 13.5 Å². The van der Waals surface area contributed by atoms with Gasteiger partial charge in [-0.3, -0.25) is 0 Å². The van der Waals surface area contributed by atoms with Crippen LogP contribution in [0.3, 0.4) is 0 Å². The van der Waals surface area contributed by atoms with Gasteiger partial charge >= 0.3 is 5.69 Å². The summed E-state index contributed by atoms with van der Waals surface area (Å²) in [6.45, 7) is 6.97. The van der Waals surface area contributed by atoms with Gasteiger partial charge in [0.05, 0.1) is 0 Å².